The monoisotopic (exact) mass is 402 g/mol. The van der Waals surface area contributed by atoms with Crippen LogP contribution in [-0.2, 0) is 14.8 Å². The Morgan fingerprint density at radius 1 is 1.07 bits per heavy atom. The molecule has 2 aromatic carbocycles. The number of sulfonamides is 1. The van der Waals surface area contributed by atoms with Crippen molar-refractivity contribution >= 4 is 27.4 Å². The Hall–Kier alpha value is -2.54. The average Bonchev–Trinajstić information content (AvgIpc) is 2.69. The number of hydrogen-bond donors (Lipinski definition) is 1. The Balaban J connectivity index is 1.98. The third-order valence-electron chi connectivity index (χ3n) is 4.78. The van der Waals surface area contributed by atoms with E-state index in [0.717, 1.165) is 37.2 Å². The van der Waals surface area contributed by atoms with E-state index in [1.807, 2.05) is 6.92 Å². The molecule has 1 fully saturated rings. The summed E-state index contributed by atoms with van der Waals surface area (Å²) in [6.45, 7) is 5.62. The van der Waals surface area contributed by atoms with Crippen molar-refractivity contribution in [1.82, 2.24) is 0 Å². The molecule has 0 amide bonds. The van der Waals surface area contributed by atoms with Gasteiger partial charge in [0.1, 0.15) is 0 Å². The van der Waals surface area contributed by atoms with E-state index in [4.69, 9.17) is 4.74 Å². The second kappa shape index (κ2) is 8.65. The first-order valence-corrected chi connectivity index (χ1v) is 11.0. The molecule has 7 heteroatoms. The van der Waals surface area contributed by atoms with Crippen LogP contribution in [0.1, 0.15) is 42.1 Å². The van der Waals surface area contributed by atoms with E-state index >= 15 is 0 Å². The fourth-order valence-corrected chi connectivity index (χ4v) is 4.36. The number of ether oxygens (including phenoxy) is 1. The van der Waals surface area contributed by atoms with Crippen molar-refractivity contribution < 1.29 is 17.9 Å². The number of carbonyl (C=O) groups excluding carboxylic acids is 1. The third-order valence-corrected chi connectivity index (χ3v) is 6.16. The molecule has 1 N–H and O–H groups in total. The van der Waals surface area contributed by atoms with Gasteiger partial charge in [-0.25, -0.2) is 13.2 Å². The zero-order valence-corrected chi connectivity index (χ0v) is 17.1. The highest BCUT2D eigenvalue weighted by atomic mass is 32.2. The molecule has 150 valence electrons. The molecule has 0 bridgehead atoms. The summed E-state index contributed by atoms with van der Waals surface area (Å²) in [5.74, 6) is -0.469. The van der Waals surface area contributed by atoms with Crippen LogP contribution in [0, 0.1) is 6.92 Å². The second-order valence-electron chi connectivity index (χ2n) is 6.92. The lowest BCUT2D eigenvalue weighted by atomic mass is 10.1. The predicted molar refractivity (Wildman–Crippen MR) is 110 cm³/mol. The molecular weight excluding hydrogens is 376 g/mol. The van der Waals surface area contributed by atoms with E-state index in [1.54, 1.807) is 49.4 Å². The largest absolute Gasteiger partial charge is 0.462 e. The summed E-state index contributed by atoms with van der Waals surface area (Å²) in [5, 5.41) is 0. The molecule has 6 nitrogen and oxygen atoms in total. The smallest absolute Gasteiger partial charge is 0.338 e. The summed E-state index contributed by atoms with van der Waals surface area (Å²) in [5.41, 5.74) is 2.48. The Kier molecular flexibility index (Phi) is 6.24. The first-order chi connectivity index (χ1) is 13.4. The molecule has 0 radical (unpaired) electrons. The van der Waals surface area contributed by atoms with Gasteiger partial charge >= 0.3 is 5.97 Å². The van der Waals surface area contributed by atoms with Gasteiger partial charge in [0.2, 0.25) is 0 Å². The summed E-state index contributed by atoms with van der Waals surface area (Å²) in [6.07, 6.45) is 3.29. The summed E-state index contributed by atoms with van der Waals surface area (Å²) < 4.78 is 33.6. The van der Waals surface area contributed by atoms with Gasteiger partial charge in [-0.05, 0) is 63.4 Å². The SMILES string of the molecule is CCOC(=O)c1ccc(N2CCCCC2)c(NS(=O)(=O)c2ccc(C)cc2)c1. The Bertz CT molecular complexity index is 933. The van der Waals surface area contributed by atoms with Crippen LogP contribution in [0.4, 0.5) is 11.4 Å². The molecule has 28 heavy (non-hydrogen) atoms. The zero-order chi connectivity index (χ0) is 20.1. The van der Waals surface area contributed by atoms with Crippen LogP contribution in [-0.4, -0.2) is 34.1 Å². The predicted octanol–water partition coefficient (Wildman–Crippen LogP) is 3.96. The van der Waals surface area contributed by atoms with Crippen LogP contribution in [0.2, 0.25) is 0 Å². The number of nitrogens with one attached hydrogen (secondary N) is 1. The molecule has 2 aromatic rings. The molecule has 0 saturated carbocycles. The number of rotatable bonds is 6. The van der Waals surface area contributed by atoms with Crippen LogP contribution in [0.15, 0.2) is 47.4 Å². The maximum atomic E-state index is 12.9. The Morgan fingerprint density at radius 2 is 1.75 bits per heavy atom. The highest BCUT2D eigenvalue weighted by molar-refractivity contribution is 7.92. The first-order valence-electron chi connectivity index (χ1n) is 9.56. The maximum absolute atomic E-state index is 12.9. The molecule has 0 spiro atoms. The lowest BCUT2D eigenvalue weighted by Gasteiger charge is -2.31. The van der Waals surface area contributed by atoms with Gasteiger partial charge in [0.25, 0.3) is 10.0 Å². The fourth-order valence-electron chi connectivity index (χ4n) is 3.29. The van der Waals surface area contributed by atoms with Crippen molar-refractivity contribution in [2.75, 3.05) is 29.3 Å². The lowest BCUT2D eigenvalue weighted by molar-refractivity contribution is 0.0526. The highest BCUT2D eigenvalue weighted by Gasteiger charge is 2.21. The van der Waals surface area contributed by atoms with Gasteiger partial charge in [0, 0.05) is 13.1 Å². The lowest BCUT2D eigenvalue weighted by Crippen LogP contribution is -2.30. The molecular formula is C21H26N2O4S. The van der Waals surface area contributed by atoms with E-state index in [2.05, 4.69) is 9.62 Å². The van der Waals surface area contributed by atoms with E-state index in [0.29, 0.717) is 11.3 Å². The number of nitrogens with zero attached hydrogens (tertiary/aromatic N) is 1. The van der Waals surface area contributed by atoms with Gasteiger partial charge in [-0.1, -0.05) is 17.7 Å². The topological polar surface area (TPSA) is 75.7 Å². The van der Waals surface area contributed by atoms with Gasteiger partial charge in [-0.3, -0.25) is 4.72 Å². The van der Waals surface area contributed by atoms with Crippen molar-refractivity contribution in [3.05, 3.63) is 53.6 Å². The van der Waals surface area contributed by atoms with Crippen LogP contribution >= 0.6 is 0 Å². The number of aryl methyl sites for hydroxylation is 1. The van der Waals surface area contributed by atoms with E-state index < -0.39 is 16.0 Å². The molecule has 1 aliphatic heterocycles. The average molecular weight is 403 g/mol. The van der Waals surface area contributed by atoms with Gasteiger partial charge in [-0.15, -0.1) is 0 Å². The number of carbonyl (C=O) groups is 1. The number of benzene rings is 2. The second-order valence-corrected chi connectivity index (χ2v) is 8.60. The van der Waals surface area contributed by atoms with Crippen molar-refractivity contribution in [3.63, 3.8) is 0 Å². The molecule has 0 unspecified atom stereocenters. The van der Waals surface area contributed by atoms with Crippen molar-refractivity contribution in [3.8, 4) is 0 Å². The first kappa shape index (κ1) is 20.2. The zero-order valence-electron chi connectivity index (χ0n) is 16.3. The minimum atomic E-state index is -3.77. The summed E-state index contributed by atoms with van der Waals surface area (Å²) in [4.78, 5) is 14.5. The van der Waals surface area contributed by atoms with E-state index in [1.165, 1.54) is 6.42 Å². The highest BCUT2D eigenvalue weighted by Crippen LogP contribution is 2.31. The van der Waals surface area contributed by atoms with Crippen LogP contribution < -0.4 is 9.62 Å². The number of anilines is 2. The van der Waals surface area contributed by atoms with E-state index in [9.17, 15) is 13.2 Å². The fraction of sp³-hybridized carbons (Fsp3) is 0.381. The van der Waals surface area contributed by atoms with Gasteiger partial charge < -0.3 is 9.64 Å². The standard InChI is InChI=1S/C21H26N2O4S/c1-3-27-21(24)17-9-12-20(23-13-5-4-6-14-23)19(15-17)22-28(25,26)18-10-7-16(2)8-11-18/h7-12,15,22H,3-6,13-14H2,1-2H3. The minimum Gasteiger partial charge on any atom is -0.462 e. The van der Waals surface area contributed by atoms with Crippen LogP contribution in [0.5, 0.6) is 0 Å². The maximum Gasteiger partial charge on any atom is 0.338 e. The van der Waals surface area contributed by atoms with Crippen LogP contribution in [0.25, 0.3) is 0 Å². The Labute approximate surface area is 166 Å². The quantitative estimate of drug-likeness (QED) is 0.740. The van der Waals surface area contributed by atoms with Crippen molar-refractivity contribution in [2.45, 2.75) is 38.0 Å². The minimum absolute atomic E-state index is 0.184. The molecule has 1 heterocycles. The third kappa shape index (κ3) is 4.65. The number of hydrogen-bond acceptors (Lipinski definition) is 5. The van der Waals surface area contributed by atoms with Gasteiger partial charge in [0.05, 0.1) is 28.4 Å². The molecule has 0 atom stereocenters. The molecule has 1 aliphatic rings. The normalized spacial score (nSPS) is 14.6. The van der Waals surface area contributed by atoms with Crippen molar-refractivity contribution in [1.29, 1.82) is 0 Å². The summed E-state index contributed by atoms with van der Waals surface area (Å²) >= 11 is 0. The molecule has 0 aliphatic carbocycles. The molecule has 0 aromatic heterocycles. The number of piperidine rings is 1. The van der Waals surface area contributed by atoms with Crippen molar-refractivity contribution in [2.24, 2.45) is 0 Å². The van der Waals surface area contributed by atoms with Gasteiger partial charge in [0.15, 0.2) is 0 Å². The molecule has 1 saturated heterocycles. The summed E-state index contributed by atoms with van der Waals surface area (Å²) in [6, 6.07) is 11.7. The van der Waals surface area contributed by atoms with Crippen LogP contribution in [0.3, 0.4) is 0 Å². The molecule has 3 rings (SSSR count). The Morgan fingerprint density at radius 3 is 2.39 bits per heavy atom. The van der Waals surface area contributed by atoms with Gasteiger partial charge in [-0.2, -0.15) is 0 Å². The summed E-state index contributed by atoms with van der Waals surface area (Å²) in [7, 11) is -3.77. The van der Waals surface area contributed by atoms with E-state index in [-0.39, 0.29) is 11.5 Å². The number of esters is 1.